The van der Waals surface area contributed by atoms with E-state index in [0.717, 1.165) is 15.6 Å². The quantitative estimate of drug-likeness (QED) is 0.222. The Morgan fingerprint density at radius 3 is 2.71 bits per heavy atom. The maximum absolute atomic E-state index is 13.6. The van der Waals surface area contributed by atoms with Gasteiger partial charge in [-0.05, 0) is 54.2 Å². The van der Waals surface area contributed by atoms with Crippen molar-refractivity contribution in [3.05, 3.63) is 98.3 Å². The van der Waals surface area contributed by atoms with Gasteiger partial charge in [0.15, 0.2) is 5.82 Å². The number of aromatic amines is 1. The second-order valence-electron chi connectivity index (χ2n) is 9.73. The summed E-state index contributed by atoms with van der Waals surface area (Å²) in [5, 5.41) is 13.4. The lowest BCUT2D eigenvalue weighted by Crippen LogP contribution is -2.30. The van der Waals surface area contributed by atoms with Crippen LogP contribution in [0.2, 0.25) is 0 Å². The number of primary amides is 1. The van der Waals surface area contributed by atoms with Crippen molar-refractivity contribution in [1.82, 2.24) is 40.4 Å². The monoisotopic (exact) mass is 571 g/mol. The number of H-pyrrole nitrogens is 1. The summed E-state index contributed by atoms with van der Waals surface area (Å²) in [6.07, 6.45) is 1.23. The first-order chi connectivity index (χ1) is 20.2. The number of amides is 3. The average molecular weight is 572 g/mol. The predicted molar refractivity (Wildman–Crippen MR) is 143 cm³/mol. The van der Waals surface area contributed by atoms with Crippen molar-refractivity contribution in [3.63, 3.8) is 0 Å². The van der Waals surface area contributed by atoms with Crippen LogP contribution >= 0.6 is 0 Å². The van der Waals surface area contributed by atoms with Crippen molar-refractivity contribution < 1.29 is 23.3 Å². The molecule has 0 radical (unpaired) electrons. The van der Waals surface area contributed by atoms with Gasteiger partial charge in [0.25, 0.3) is 23.5 Å². The van der Waals surface area contributed by atoms with E-state index in [9.17, 15) is 23.6 Å². The van der Waals surface area contributed by atoms with Crippen LogP contribution in [0.5, 0.6) is 0 Å². The van der Waals surface area contributed by atoms with Crippen LogP contribution in [-0.4, -0.2) is 47.4 Å². The fraction of sp³-hybridized carbons (Fsp3) is 0.185. The smallest absolute Gasteiger partial charge is 0.363 e. The first-order valence-electron chi connectivity index (χ1n) is 12.8. The third-order valence-corrected chi connectivity index (χ3v) is 6.91. The molecule has 0 spiro atoms. The molecule has 0 saturated heterocycles. The van der Waals surface area contributed by atoms with E-state index >= 15 is 0 Å². The van der Waals surface area contributed by atoms with Crippen LogP contribution in [0.1, 0.15) is 66.3 Å². The van der Waals surface area contributed by atoms with Crippen LogP contribution in [0.3, 0.4) is 0 Å². The molecule has 1 atom stereocenters. The fourth-order valence-corrected chi connectivity index (χ4v) is 4.84. The van der Waals surface area contributed by atoms with Crippen LogP contribution in [0.15, 0.2) is 51.8 Å². The summed E-state index contributed by atoms with van der Waals surface area (Å²) in [4.78, 5) is 60.3. The molecule has 0 saturated carbocycles. The van der Waals surface area contributed by atoms with E-state index in [0.29, 0.717) is 35.4 Å². The van der Waals surface area contributed by atoms with Crippen molar-refractivity contribution in [2.75, 3.05) is 0 Å². The molecule has 2 aromatic carbocycles. The Morgan fingerprint density at radius 2 is 1.98 bits per heavy atom. The van der Waals surface area contributed by atoms with Gasteiger partial charge < -0.3 is 16.4 Å². The van der Waals surface area contributed by atoms with Crippen LogP contribution < -0.4 is 22.1 Å². The zero-order valence-electron chi connectivity index (χ0n) is 22.0. The molecule has 0 unspecified atom stereocenters. The van der Waals surface area contributed by atoms with Crippen molar-refractivity contribution in [2.24, 2.45) is 5.73 Å². The molecular formula is C27H22FN9O5. The summed E-state index contributed by atoms with van der Waals surface area (Å²) in [7, 11) is 0. The zero-order chi connectivity index (χ0) is 29.5. The van der Waals surface area contributed by atoms with Crippen molar-refractivity contribution in [2.45, 2.75) is 32.4 Å². The van der Waals surface area contributed by atoms with Crippen molar-refractivity contribution in [3.8, 4) is 11.4 Å². The number of carbonyl (C=O) groups is 3. The lowest BCUT2D eigenvalue weighted by Gasteiger charge is -2.15. The topological polar surface area (TPSA) is 203 Å². The molecule has 6 rings (SSSR count). The van der Waals surface area contributed by atoms with E-state index in [2.05, 4.69) is 40.4 Å². The Hall–Kier alpha value is -5.73. The standard InChI is InChI=1S/C27H22FN9O5/c1-12-8-13(2-6-17(12)28)11-30-24(39)19-10-20(37-26(32-19)33-23(35-37)21(29)38)25(40)31-18-7-4-14-9-15(3-5-16(14)18)22-34-27(41)42-36-22/h2-3,5-6,8-10,18H,4,7,11H2,1H3,(H2,29,38)(H,30,39)(H,31,40)(H,34,36,41)/t18-/m0/s1. The molecular weight excluding hydrogens is 549 g/mol. The lowest BCUT2D eigenvalue weighted by molar-refractivity contribution is 0.0926. The summed E-state index contributed by atoms with van der Waals surface area (Å²) < 4.78 is 19.2. The van der Waals surface area contributed by atoms with Gasteiger partial charge in [-0.3, -0.25) is 23.9 Å². The normalized spacial score (nSPS) is 14.1. The summed E-state index contributed by atoms with van der Waals surface area (Å²) in [6.45, 7) is 1.69. The van der Waals surface area contributed by atoms with Gasteiger partial charge in [0.1, 0.15) is 17.2 Å². The highest BCUT2D eigenvalue weighted by Crippen LogP contribution is 2.33. The first kappa shape index (κ1) is 26.5. The Morgan fingerprint density at radius 1 is 1.14 bits per heavy atom. The molecule has 1 aliphatic rings. The van der Waals surface area contributed by atoms with E-state index in [1.165, 1.54) is 12.1 Å². The van der Waals surface area contributed by atoms with Gasteiger partial charge in [-0.1, -0.05) is 29.4 Å². The summed E-state index contributed by atoms with van der Waals surface area (Å²) in [5.74, 6) is -3.41. The summed E-state index contributed by atoms with van der Waals surface area (Å²) in [5.41, 5.74) is 8.68. The number of carbonyl (C=O) groups excluding carboxylic acids is 3. The van der Waals surface area contributed by atoms with E-state index in [-0.39, 0.29) is 41.4 Å². The van der Waals surface area contributed by atoms with Gasteiger partial charge in [-0.2, -0.15) is 9.50 Å². The van der Waals surface area contributed by atoms with Gasteiger partial charge in [-0.25, -0.2) is 14.2 Å². The molecule has 3 heterocycles. The lowest BCUT2D eigenvalue weighted by atomic mass is 10.0. The SMILES string of the molecule is Cc1cc(CNC(=O)c2cc(C(=O)N[C@H]3CCc4cc(-c5noc(=O)[nH]5)ccc43)n3nc(C(N)=O)nc3n2)ccc1F. The molecule has 212 valence electrons. The minimum absolute atomic E-state index is 0.0800. The first-order valence-corrected chi connectivity index (χ1v) is 12.8. The second kappa shape index (κ2) is 10.3. The molecule has 3 aromatic heterocycles. The molecule has 15 heteroatoms. The van der Waals surface area contributed by atoms with Gasteiger partial charge in [0, 0.05) is 18.2 Å². The summed E-state index contributed by atoms with van der Waals surface area (Å²) >= 11 is 0. The Bertz CT molecular complexity index is 1960. The number of nitrogens with zero attached hydrogens (tertiary/aromatic N) is 5. The number of aromatic nitrogens is 6. The fourth-order valence-electron chi connectivity index (χ4n) is 4.84. The van der Waals surface area contributed by atoms with Crippen molar-refractivity contribution in [1.29, 1.82) is 0 Å². The van der Waals surface area contributed by atoms with Gasteiger partial charge in [0.2, 0.25) is 5.82 Å². The van der Waals surface area contributed by atoms with Gasteiger partial charge in [-0.15, -0.1) is 5.10 Å². The molecule has 5 aromatic rings. The molecule has 1 aliphatic carbocycles. The Labute approximate surface area is 235 Å². The highest BCUT2D eigenvalue weighted by molar-refractivity contribution is 5.98. The predicted octanol–water partition coefficient (Wildman–Crippen LogP) is 1.36. The van der Waals surface area contributed by atoms with E-state index in [1.54, 1.807) is 25.1 Å². The van der Waals surface area contributed by atoms with E-state index in [1.807, 2.05) is 12.1 Å². The maximum atomic E-state index is 13.6. The maximum Gasteiger partial charge on any atom is 0.439 e. The van der Waals surface area contributed by atoms with Crippen LogP contribution in [-0.2, 0) is 13.0 Å². The van der Waals surface area contributed by atoms with Crippen molar-refractivity contribution >= 4 is 23.5 Å². The van der Waals surface area contributed by atoms with E-state index in [4.69, 9.17) is 5.73 Å². The molecule has 42 heavy (non-hydrogen) atoms. The van der Waals surface area contributed by atoms with Gasteiger partial charge >= 0.3 is 5.76 Å². The number of rotatable bonds is 7. The molecule has 0 bridgehead atoms. The molecule has 5 N–H and O–H groups in total. The highest BCUT2D eigenvalue weighted by atomic mass is 19.1. The highest BCUT2D eigenvalue weighted by Gasteiger charge is 2.28. The van der Waals surface area contributed by atoms with Crippen LogP contribution in [0.25, 0.3) is 17.2 Å². The average Bonchev–Trinajstić information content (AvgIpc) is 3.71. The number of benzene rings is 2. The third-order valence-electron chi connectivity index (χ3n) is 6.91. The zero-order valence-corrected chi connectivity index (χ0v) is 22.0. The molecule has 0 aliphatic heterocycles. The number of nitrogens with two attached hydrogens (primary N) is 1. The number of aryl methyl sites for hydroxylation is 2. The second-order valence-corrected chi connectivity index (χ2v) is 9.73. The van der Waals surface area contributed by atoms with E-state index < -0.39 is 23.5 Å². The van der Waals surface area contributed by atoms with Crippen LogP contribution in [0, 0.1) is 12.7 Å². The van der Waals surface area contributed by atoms with Gasteiger partial charge in [0.05, 0.1) is 6.04 Å². The number of fused-ring (bicyclic) bond motifs is 2. The van der Waals surface area contributed by atoms with Crippen LogP contribution in [0.4, 0.5) is 4.39 Å². The third kappa shape index (κ3) is 4.98. The largest absolute Gasteiger partial charge is 0.439 e. The molecule has 14 nitrogen and oxygen atoms in total. The molecule has 0 fully saturated rings. The Kier molecular flexibility index (Phi) is 6.53. The number of nitrogens with one attached hydrogen (secondary N) is 3. The Balaban J connectivity index is 1.27. The number of hydrogen-bond donors (Lipinski definition) is 4. The number of halogens is 1. The number of hydrogen-bond acceptors (Lipinski definition) is 9. The minimum atomic E-state index is -0.932. The molecule has 3 amide bonds. The summed E-state index contributed by atoms with van der Waals surface area (Å²) in [6, 6.07) is 10.8. The minimum Gasteiger partial charge on any atom is -0.363 e.